The highest BCUT2D eigenvalue weighted by molar-refractivity contribution is 5.79. The quantitative estimate of drug-likeness (QED) is 0.783. The molecule has 1 unspecified atom stereocenters. The van der Waals surface area contributed by atoms with Gasteiger partial charge in [0.15, 0.2) is 0 Å². The average Bonchev–Trinajstić information content (AvgIpc) is 2.95. The lowest BCUT2D eigenvalue weighted by Gasteiger charge is -2.51. The maximum absolute atomic E-state index is 12.1. The molecule has 0 bridgehead atoms. The van der Waals surface area contributed by atoms with E-state index >= 15 is 0 Å². The topological polar surface area (TPSA) is 50.6 Å². The van der Waals surface area contributed by atoms with Crippen LogP contribution in [0.4, 0.5) is 0 Å². The zero-order valence-corrected chi connectivity index (χ0v) is 14.1. The third-order valence-electron chi connectivity index (χ3n) is 5.35. The number of nitrogens with zero attached hydrogens (tertiary/aromatic N) is 4. The molecule has 126 valence electrons. The van der Waals surface area contributed by atoms with Crippen LogP contribution in [0.3, 0.4) is 0 Å². The Kier molecular flexibility index (Phi) is 4.55. The number of carbonyl (C=O) groups excluding carboxylic acids is 1. The molecule has 6 heteroatoms. The maximum Gasteiger partial charge on any atom is 0.249 e. The van der Waals surface area contributed by atoms with E-state index in [2.05, 4.69) is 28.0 Å². The highest BCUT2D eigenvalue weighted by Crippen LogP contribution is 2.35. The van der Waals surface area contributed by atoms with Crippen molar-refractivity contribution in [2.75, 3.05) is 26.2 Å². The van der Waals surface area contributed by atoms with E-state index in [4.69, 9.17) is 4.74 Å². The predicted octanol–water partition coefficient (Wildman–Crippen LogP) is 1.19. The number of aryl methyl sites for hydroxylation is 1. The van der Waals surface area contributed by atoms with E-state index in [1.165, 1.54) is 0 Å². The average molecular weight is 318 g/mol. The van der Waals surface area contributed by atoms with Gasteiger partial charge < -0.3 is 14.2 Å². The first kappa shape index (κ1) is 16.2. The number of carbonyl (C=O) groups is 1. The van der Waals surface area contributed by atoms with E-state index in [1.807, 2.05) is 24.3 Å². The number of likely N-dealkylation sites (tertiary alicyclic amines) is 1. The van der Waals surface area contributed by atoms with Crippen molar-refractivity contribution in [2.24, 2.45) is 7.05 Å². The first-order valence-corrected chi connectivity index (χ1v) is 8.28. The van der Waals surface area contributed by atoms with E-state index in [0.29, 0.717) is 6.54 Å². The summed E-state index contributed by atoms with van der Waals surface area (Å²) in [6, 6.07) is 0.0945. The number of rotatable bonds is 4. The number of aromatic nitrogens is 2. The Morgan fingerprint density at radius 3 is 2.83 bits per heavy atom. The van der Waals surface area contributed by atoms with Gasteiger partial charge in [-0.15, -0.1) is 6.58 Å². The summed E-state index contributed by atoms with van der Waals surface area (Å²) in [6.45, 7) is 9.46. The van der Waals surface area contributed by atoms with Crippen molar-refractivity contribution in [3.8, 4) is 0 Å². The van der Waals surface area contributed by atoms with Gasteiger partial charge in [0.1, 0.15) is 12.4 Å². The van der Waals surface area contributed by atoms with Crippen LogP contribution in [-0.4, -0.2) is 63.1 Å². The molecular formula is C17H26N4O2. The Bertz CT molecular complexity index is 575. The molecule has 6 nitrogen and oxygen atoms in total. The Labute approximate surface area is 137 Å². The number of amides is 1. The van der Waals surface area contributed by atoms with Gasteiger partial charge in [0.25, 0.3) is 0 Å². The van der Waals surface area contributed by atoms with Crippen molar-refractivity contribution in [1.29, 1.82) is 0 Å². The molecule has 1 aromatic heterocycles. The van der Waals surface area contributed by atoms with Crippen molar-refractivity contribution < 1.29 is 9.53 Å². The monoisotopic (exact) mass is 318 g/mol. The maximum atomic E-state index is 12.1. The van der Waals surface area contributed by atoms with Crippen molar-refractivity contribution >= 4 is 5.91 Å². The standard InChI is InChI=1S/C17H26N4O2/c1-4-8-21-14(2)17(23-13-16(21)22)5-9-20(10-6-17)12-15-18-7-11-19(15)3/h4,7,11,14H,1,5-6,8-10,12-13H2,2-3H3. The zero-order chi connectivity index (χ0) is 16.4. The molecule has 1 atom stereocenters. The molecule has 1 amide bonds. The highest BCUT2D eigenvalue weighted by Gasteiger charge is 2.47. The molecule has 2 saturated heterocycles. The van der Waals surface area contributed by atoms with Gasteiger partial charge in [-0.3, -0.25) is 9.69 Å². The molecule has 3 rings (SSSR count). The minimum atomic E-state index is -0.213. The fourth-order valence-electron chi connectivity index (χ4n) is 3.71. The molecule has 2 aliphatic heterocycles. The lowest BCUT2D eigenvalue weighted by molar-refractivity contribution is -0.185. The summed E-state index contributed by atoms with van der Waals surface area (Å²) in [5, 5.41) is 0. The van der Waals surface area contributed by atoms with E-state index in [1.54, 1.807) is 6.08 Å². The first-order chi connectivity index (χ1) is 11.1. The summed E-state index contributed by atoms with van der Waals surface area (Å²) in [7, 11) is 2.03. The van der Waals surface area contributed by atoms with Crippen LogP contribution in [0.1, 0.15) is 25.6 Å². The molecule has 0 N–H and O–H groups in total. The smallest absolute Gasteiger partial charge is 0.249 e. The Hall–Kier alpha value is -1.66. The van der Waals surface area contributed by atoms with Gasteiger partial charge in [-0.2, -0.15) is 0 Å². The number of piperidine rings is 1. The molecular weight excluding hydrogens is 292 g/mol. The number of morpholine rings is 1. The van der Waals surface area contributed by atoms with Gasteiger partial charge in [0.05, 0.1) is 18.2 Å². The van der Waals surface area contributed by atoms with Crippen LogP contribution >= 0.6 is 0 Å². The van der Waals surface area contributed by atoms with Gasteiger partial charge in [0, 0.05) is 39.1 Å². The molecule has 2 aliphatic rings. The van der Waals surface area contributed by atoms with Crippen LogP contribution < -0.4 is 0 Å². The lowest BCUT2D eigenvalue weighted by atomic mass is 9.82. The molecule has 0 saturated carbocycles. The Morgan fingerprint density at radius 2 is 2.22 bits per heavy atom. The molecule has 0 radical (unpaired) electrons. The Morgan fingerprint density at radius 1 is 1.48 bits per heavy atom. The van der Waals surface area contributed by atoms with Crippen LogP contribution in [0, 0.1) is 0 Å². The van der Waals surface area contributed by atoms with Crippen LogP contribution in [-0.2, 0) is 23.1 Å². The van der Waals surface area contributed by atoms with E-state index in [-0.39, 0.29) is 24.2 Å². The summed E-state index contributed by atoms with van der Waals surface area (Å²) in [5.74, 6) is 1.15. The lowest BCUT2D eigenvalue weighted by Crippen LogP contribution is -2.63. The second kappa shape index (κ2) is 6.45. The second-order valence-corrected chi connectivity index (χ2v) is 6.59. The summed E-state index contributed by atoms with van der Waals surface area (Å²) in [5.41, 5.74) is -0.213. The molecule has 1 aromatic rings. The van der Waals surface area contributed by atoms with Gasteiger partial charge in [0.2, 0.25) is 5.91 Å². The van der Waals surface area contributed by atoms with Crippen LogP contribution in [0.15, 0.2) is 25.0 Å². The second-order valence-electron chi connectivity index (χ2n) is 6.59. The summed E-state index contributed by atoms with van der Waals surface area (Å²) in [4.78, 5) is 20.8. The van der Waals surface area contributed by atoms with Gasteiger partial charge in [-0.25, -0.2) is 4.98 Å². The zero-order valence-electron chi connectivity index (χ0n) is 14.1. The molecule has 3 heterocycles. The number of hydrogen-bond donors (Lipinski definition) is 0. The van der Waals surface area contributed by atoms with Crippen LogP contribution in [0.5, 0.6) is 0 Å². The molecule has 23 heavy (non-hydrogen) atoms. The van der Waals surface area contributed by atoms with E-state index in [9.17, 15) is 4.79 Å². The minimum absolute atomic E-state index is 0.0680. The third kappa shape index (κ3) is 3.05. The predicted molar refractivity (Wildman–Crippen MR) is 87.8 cm³/mol. The number of ether oxygens (including phenoxy) is 1. The normalized spacial score (nSPS) is 25.0. The fourth-order valence-corrected chi connectivity index (χ4v) is 3.71. The van der Waals surface area contributed by atoms with Gasteiger partial charge >= 0.3 is 0 Å². The van der Waals surface area contributed by atoms with Gasteiger partial charge in [-0.05, 0) is 19.8 Å². The molecule has 0 aliphatic carbocycles. The van der Waals surface area contributed by atoms with E-state index < -0.39 is 0 Å². The largest absolute Gasteiger partial charge is 0.363 e. The van der Waals surface area contributed by atoms with Crippen molar-refractivity contribution in [3.63, 3.8) is 0 Å². The number of imidazole rings is 1. The fraction of sp³-hybridized carbons (Fsp3) is 0.647. The van der Waals surface area contributed by atoms with Crippen molar-refractivity contribution in [3.05, 3.63) is 30.9 Å². The SMILES string of the molecule is C=CCN1C(=O)COC2(CCN(Cc3nccn3C)CC2)C1C. The third-order valence-corrected chi connectivity index (χ3v) is 5.35. The molecule has 2 fully saturated rings. The summed E-state index contributed by atoms with van der Waals surface area (Å²) < 4.78 is 8.11. The van der Waals surface area contributed by atoms with Crippen LogP contribution in [0.25, 0.3) is 0 Å². The van der Waals surface area contributed by atoms with Crippen molar-refractivity contribution in [2.45, 2.75) is 38.0 Å². The highest BCUT2D eigenvalue weighted by atomic mass is 16.5. The summed E-state index contributed by atoms with van der Waals surface area (Å²) in [6.07, 6.45) is 7.50. The molecule has 1 spiro atoms. The minimum Gasteiger partial charge on any atom is -0.363 e. The van der Waals surface area contributed by atoms with E-state index in [0.717, 1.165) is 38.3 Å². The van der Waals surface area contributed by atoms with Crippen molar-refractivity contribution in [1.82, 2.24) is 19.4 Å². The first-order valence-electron chi connectivity index (χ1n) is 8.28. The van der Waals surface area contributed by atoms with Crippen LogP contribution in [0.2, 0.25) is 0 Å². The summed E-state index contributed by atoms with van der Waals surface area (Å²) >= 11 is 0. The number of hydrogen-bond acceptors (Lipinski definition) is 4. The molecule has 0 aromatic carbocycles. The van der Waals surface area contributed by atoms with Gasteiger partial charge in [-0.1, -0.05) is 6.08 Å². The Balaban J connectivity index is 1.64.